The van der Waals surface area contributed by atoms with Crippen LogP contribution in [0, 0.1) is 26.7 Å². The van der Waals surface area contributed by atoms with E-state index in [1.165, 1.54) is 6.92 Å². The summed E-state index contributed by atoms with van der Waals surface area (Å²) in [5.41, 5.74) is -0.547. The second kappa shape index (κ2) is 6.37. The van der Waals surface area contributed by atoms with Crippen molar-refractivity contribution < 1.29 is 20.5 Å². The molecule has 1 aromatic rings. The van der Waals surface area contributed by atoms with Crippen molar-refractivity contribution >= 4 is 38.4 Å². The van der Waals surface area contributed by atoms with E-state index in [4.69, 9.17) is 6.13 Å². The molecule has 4 aliphatic rings. The molecule has 5 rings (SSSR count). The maximum atomic E-state index is 13.1. The van der Waals surface area contributed by atoms with Crippen LogP contribution in [0.4, 0.5) is 0 Å². The molecule has 0 aromatic heterocycles. The van der Waals surface area contributed by atoms with Crippen LogP contribution in [0.2, 0.25) is 0 Å². The summed E-state index contributed by atoms with van der Waals surface area (Å²) < 4.78 is 12.0. The third kappa shape index (κ3) is 3.09. The Labute approximate surface area is 154 Å². The minimum atomic E-state index is -2.84. The minimum absolute atomic E-state index is 0.0199. The van der Waals surface area contributed by atoms with Gasteiger partial charge < -0.3 is 0 Å². The van der Waals surface area contributed by atoms with Gasteiger partial charge in [0.25, 0.3) is 0 Å². The topological polar surface area (TPSA) is 69.7 Å². The summed E-state index contributed by atoms with van der Waals surface area (Å²) in [6, 6.07) is 9.24. The van der Waals surface area contributed by atoms with Gasteiger partial charge in [-0.05, 0) is 0 Å². The summed E-state index contributed by atoms with van der Waals surface area (Å²) in [7, 11) is 0. The van der Waals surface area contributed by atoms with E-state index in [-0.39, 0.29) is 17.8 Å². The van der Waals surface area contributed by atoms with Crippen LogP contribution in [0.5, 0.6) is 0 Å². The van der Waals surface area contributed by atoms with Gasteiger partial charge in [0.2, 0.25) is 0 Å². The second-order valence-electron chi connectivity index (χ2n) is 7.47. The van der Waals surface area contributed by atoms with Gasteiger partial charge in [0.1, 0.15) is 0 Å². The van der Waals surface area contributed by atoms with E-state index < -0.39 is 32.0 Å². The van der Waals surface area contributed by atoms with Crippen molar-refractivity contribution in [3.8, 4) is 0 Å². The summed E-state index contributed by atoms with van der Waals surface area (Å²) in [6.45, 7) is 1.34. The molecular formula is C19H21IO5. The van der Waals surface area contributed by atoms with E-state index in [0.29, 0.717) is 24.5 Å². The first-order valence-electron chi connectivity index (χ1n) is 8.67. The molecule has 4 bridgehead atoms. The van der Waals surface area contributed by atoms with Gasteiger partial charge in [-0.2, -0.15) is 0 Å². The summed E-state index contributed by atoms with van der Waals surface area (Å²) in [4.78, 5) is 36.9. The van der Waals surface area contributed by atoms with Gasteiger partial charge in [0, 0.05) is 0 Å². The molecule has 6 heteroatoms. The van der Waals surface area contributed by atoms with Crippen LogP contribution in [-0.4, -0.2) is 17.7 Å². The van der Waals surface area contributed by atoms with Crippen LogP contribution in [0.3, 0.4) is 0 Å². The van der Waals surface area contributed by atoms with E-state index in [9.17, 15) is 14.4 Å². The number of ketones is 1. The van der Waals surface area contributed by atoms with Crippen LogP contribution in [-0.2, 0) is 20.5 Å². The predicted octanol–water partition coefficient (Wildman–Crippen LogP) is 3.69. The fraction of sp³-hybridized carbons (Fsp3) is 0.526. The zero-order valence-corrected chi connectivity index (χ0v) is 16.2. The first-order valence-corrected chi connectivity index (χ1v) is 11.5. The fourth-order valence-corrected chi connectivity index (χ4v) is 7.86. The molecule has 0 saturated heterocycles. The number of rotatable bonds is 4. The molecule has 134 valence electrons. The molecular weight excluding hydrogens is 435 g/mol. The molecule has 0 amide bonds. The number of hydrogen-bond donors (Lipinski definition) is 0. The molecule has 2 unspecified atom stereocenters. The summed E-state index contributed by atoms with van der Waals surface area (Å²) in [5, 5.41) is 0. The number of halogens is 1. The average Bonchev–Trinajstić information content (AvgIpc) is 2.58. The van der Waals surface area contributed by atoms with Crippen molar-refractivity contribution in [3.05, 3.63) is 33.9 Å². The molecule has 0 radical (unpaired) electrons. The Morgan fingerprint density at radius 1 is 1.04 bits per heavy atom. The van der Waals surface area contributed by atoms with Crippen molar-refractivity contribution in [2.24, 2.45) is 23.2 Å². The molecule has 2 atom stereocenters. The summed E-state index contributed by atoms with van der Waals surface area (Å²) in [5.74, 6) is 0.156. The molecule has 4 fully saturated rings. The second-order valence-corrected chi connectivity index (χ2v) is 10.8. The Morgan fingerprint density at radius 3 is 2.28 bits per heavy atom. The molecule has 1 aromatic carbocycles. The predicted molar refractivity (Wildman–Crippen MR) is 98.0 cm³/mol. The Hall–Kier alpha value is -1.44. The molecule has 4 saturated carbocycles. The Balaban J connectivity index is 1.56. The Morgan fingerprint density at radius 2 is 1.68 bits per heavy atom. The quantitative estimate of drug-likeness (QED) is 0.647. The SMILES string of the molecule is CC(=O)OI(OC(=O)C12CC3CC(C1)C(=O)C(C3)C2)c1ccccc1. The van der Waals surface area contributed by atoms with Crippen molar-refractivity contribution in [3.63, 3.8) is 0 Å². The van der Waals surface area contributed by atoms with E-state index >= 15 is 0 Å². The van der Waals surface area contributed by atoms with Gasteiger partial charge in [-0.3, -0.25) is 0 Å². The number of carbonyl (C=O) groups excluding carboxylic acids is 3. The number of carbonyl (C=O) groups is 3. The fourth-order valence-electron chi connectivity index (χ4n) is 4.86. The van der Waals surface area contributed by atoms with Crippen molar-refractivity contribution in [2.45, 2.75) is 39.0 Å². The Bertz CT molecular complexity index is 698. The standard InChI is InChI=1S/C19H21IO5/c1-12(21)24-20(16-5-3-2-4-6-16)25-18(23)19-9-13-7-14(10-19)17(22)15(8-13)11-19/h2-6,13-15H,7-11H2,1H3. The van der Waals surface area contributed by atoms with E-state index in [0.717, 1.165) is 22.8 Å². The van der Waals surface area contributed by atoms with Crippen molar-refractivity contribution in [1.29, 1.82) is 0 Å². The zero-order valence-electron chi connectivity index (χ0n) is 14.1. The van der Waals surface area contributed by atoms with Crippen LogP contribution in [0.15, 0.2) is 30.3 Å². The van der Waals surface area contributed by atoms with Gasteiger partial charge in [-0.15, -0.1) is 0 Å². The monoisotopic (exact) mass is 456 g/mol. The number of Topliss-reactive ketones (excluding diaryl/α,β-unsaturated/α-hetero) is 1. The number of benzene rings is 1. The first-order chi connectivity index (χ1) is 12.0. The van der Waals surface area contributed by atoms with Gasteiger partial charge >= 0.3 is 155 Å². The van der Waals surface area contributed by atoms with Gasteiger partial charge in [-0.25, -0.2) is 0 Å². The molecule has 25 heavy (non-hydrogen) atoms. The van der Waals surface area contributed by atoms with Crippen molar-refractivity contribution in [1.82, 2.24) is 0 Å². The molecule has 5 nitrogen and oxygen atoms in total. The van der Waals surface area contributed by atoms with E-state index in [1.807, 2.05) is 30.3 Å². The average molecular weight is 456 g/mol. The van der Waals surface area contributed by atoms with Crippen LogP contribution >= 0.6 is 20.6 Å². The summed E-state index contributed by atoms with van der Waals surface area (Å²) >= 11 is -2.84. The van der Waals surface area contributed by atoms with Crippen LogP contribution < -0.4 is 0 Å². The molecule has 4 aliphatic carbocycles. The maximum absolute atomic E-state index is 13.1. The molecule has 0 heterocycles. The zero-order chi connectivity index (χ0) is 17.6. The van der Waals surface area contributed by atoms with Crippen molar-refractivity contribution in [2.75, 3.05) is 0 Å². The summed E-state index contributed by atoms with van der Waals surface area (Å²) in [6.07, 6.45) is 3.88. The third-order valence-corrected chi connectivity index (χ3v) is 9.21. The molecule has 0 spiro atoms. The number of hydrogen-bond acceptors (Lipinski definition) is 5. The third-order valence-electron chi connectivity index (χ3n) is 5.66. The molecule has 0 N–H and O–H groups in total. The molecule has 0 aliphatic heterocycles. The van der Waals surface area contributed by atoms with E-state index in [2.05, 4.69) is 0 Å². The first kappa shape index (κ1) is 17.0. The van der Waals surface area contributed by atoms with Crippen LogP contribution in [0.1, 0.15) is 39.0 Å². The van der Waals surface area contributed by atoms with Gasteiger partial charge in [-0.1, -0.05) is 0 Å². The van der Waals surface area contributed by atoms with Gasteiger partial charge in [0.15, 0.2) is 0 Å². The van der Waals surface area contributed by atoms with E-state index in [1.54, 1.807) is 0 Å². The van der Waals surface area contributed by atoms with Crippen LogP contribution in [0.25, 0.3) is 0 Å². The normalized spacial score (nSPS) is 33.1. The van der Waals surface area contributed by atoms with Gasteiger partial charge in [0.05, 0.1) is 0 Å². The Kier molecular flexibility index (Phi) is 4.33.